The quantitative estimate of drug-likeness (QED) is 0.605. The van der Waals surface area contributed by atoms with Crippen molar-refractivity contribution >= 4 is 32.9 Å². The maximum atomic E-state index is 13.2. The van der Waals surface area contributed by atoms with E-state index < -0.39 is 0 Å². The molecular formula is C18H19N3OS2. The highest BCUT2D eigenvalue weighted by atomic mass is 32.1. The van der Waals surface area contributed by atoms with Crippen LogP contribution < -0.4 is 5.56 Å². The van der Waals surface area contributed by atoms with Crippen molar-refractivity contribution in [2.45, 2.75) is 46.1 Å². The molecule has 4 nitrogen and oxygen atoms in total. The van der Waals surface area contributed by atoms with E-state index in [4.69, 9.17) is 10.2 Å². The van der Waals surface area contributed by atoms with E-state index in [1.165, 1.54) is 4.88 Å². The number of aryl methyl sites for hydroxylation is 2. The van der Waals surface area contributed by atoms with Crippen LogP contribution in [0, 0.1) is 11.3 Å². The maximum absolute atomic E-state index is 13.2. The molecule has 0 aliphatic carbocycles. The molecule has 0 radical (unpaired) electrons. The van der Waals surface area contributed by atoms with Crippen molar-refractivity contribution in [3.63, 3.8) is 0 Å². The summed E-state index contributed by atoms with van der Waals surface area (Å²) in [4.78, 5) is 21.2. The van der Waals surface area contributed by atoms with Crippen molar-refractivity contribution in [1.29, 1.82) is 5.26 Å². The van der Waals surface area contributed by atoms with Crippen LogP contribution in [0.2, 0.25) is 0 Å². The summed E-state index contributed by atoms with van der Waals surface area (Å²) < 4.78 is 1.77. The second kappa shape index (κ2) is 7.29. The fourth-order valence-corrected chi connectivity index (χ4v) is 4.92. The Hall–Kier alpha value is -1.97. The summed E-state index contributed by atoms with van der Waals surface area (Å²) >= 11 is 3.29. The molecule has 0 saturated carbocycles. The predicted octanol–water partition coefficient (Wildman–Crippen LogP) is 4.62. The second-order valence-electron chi connectivity index (χ2n) is 5.51. The minimum absolute atomic E-state index is 0.0362. The molecule has 3 heterocycles. The zero-order valence-corrected chi connectivity index (χ0v) is 15.5. The lowest BCUT2D eigenvalue weighted by molar-refractivity contribution is 0.594. The van der Waals surface area contributed by atoms with E-state index in [1.54, 1.807) is 27.2 Å². The molecule has 0 fully saturated rings. The third-order valence-corrected chi connectivity index (χ3v) is 6.15. The molecule has 3 aromatic rings. The molecule has 0 unspecified atom stereocenters. The summed E-state index contributed by atoms with van der Waals surface area (Å²) in [5.74, 6) is 0.812. The summed E-state index contributed by atoms with van der Waals surface area (Å²) in [5, 5.41) is 11.5. The number of unbranched alkanes of at least 4 members (excludes halogenated alkanes) is 1. The van der Waals surface area contributed by atoms with Gasteiger partial charge in [-0.1, -0.05) is 19.9 Å². The summed E-state index contributed by atoms with van der Waals surface area (Å²) in [5.41, 5.74) is 1.09. The molecule has 0 aliphatic heterocycles. The number of hydrogen-bond acceptors (Lipinski definition) is 5. The highest BCUT2D eigenvalue weighted by Crippen LogP contribution is 2.38. The molecule has 0 amide bonds. The lowest BCUT2D eigenvalue weighted by atomic mass is 10.1. The third-order valence-electron chi connectivity index (χ3n) is 4.04. The molecular weight excluding hydrogens is 338 g/mol. The zero-order valence-electron chi connectivity index (χ0n) is 13.8. The molecule has 0 aliphatic rings. The van der Waals surface area contributed by atoms with Gasteiger partial charge in [-0.25, -0.2) is 4.98 Å². The monoisotopic (exact) mass is 357 g/mol. The molecule has 0 N–H and O–H groups in total. The van der Waals surface area contributed by atoms with Crippen LogP contribution in [-0.4, -0.2) is 9.55 Å². The van der Waals surface area contributed by atoms with Crippen LogP contribution in [0.3, 0.4) is 0 Å². The lowest BCUT2D eigenvalue weighted by Gasteiger charge is -2.10. The summed E-state index contributed by atoms with van der Waals surface area (Å²) in [7, 11) is 0. The molecule has 0 saturated heterocycles. The molecule has 3 aromatic heterocycles. The normalized spacial score (nSPS) is 11.0. The predicted molar refractivity (Wildman–Crippen MR) is 101 cm³/mol. The van der Waals surface area contributed by atoms with Crippen LogP contribution in [0.4, 0.5) is 0 Å². The van der Waals surface area contributed by atoms with Crippen molar-refractivity contribution in [2.24, 2.45) is 0 Å². The first-order chi connectivity index (χ1) is 11.7. The van der Waals surface area contributed by atoms with Gasteiger partial charge in [-0.2, -0.15) is 5.26 Å². The van der Waals surface area contributed by atoms with E-state index in [-0.39, 0.29) is 5.56 Å². The molecule has 0 atom stereocenters. The third kappa shape index (κ3) is 2.90. The number of fused-ring (bicyclic) bond motifs is 1. The first kappa shape index (κ1) is 16.9. The van der Waals surface area contributed by atoms with Gasteiger partial charge in [-0.3, -0.25) is 9.36 Å². The highest BCUT2D eigenvalue weighted by Gasteiger charge is 2.20. The average molecular weight is 358 g/mol. The first-order valence-corrected chi connectivity index (χ1v) is 9.86. The number of hydrogen-bond donors (Lipinski definition) is 0. The maximum Gasteiger partial charge on any atom is 0.262 e. The van der Waals surface area contributed by atoms with E-state index in [0.29, 0.717) is 25.8 Å². The van der Waals surface area contributed by atoms with Gasteiger partial charge in [-0.05, 0) is 24.3 Å². The number of rotatable bonds is 6. The van der Waals surface area contributed by atoms with E-state index in [0.717, 1.165) is 32.9 Å². The fraction of sp³-hybridized carbons (Fsp3) is 0.389. The van der Waals surface area contributed by atoms with Gasteiger partial charge < -0.3 is 0 Å². The molecule has 0 spiro atoms. The van der Waals surface area contributed by atoms with Crippen molar-refractivity contribution in [2.75, 3.05) is 0 Å². The van der Waals surface area contributed by atoms with Crippen molar-refractivity contribution < 1.29 is 0 Å². The summed E-state index contributed by atoms with van der Waals surface area (Å²) in [6.45, 7) is 4.69. The van der Waals surface area contributed by atoms with E-state index >= 15 is 0 Å². The van der Waals surface area contributed by atoms with Crippen LogP contribution in [0.1, 0.15) is 37.4 Å². The highest BCUT2D eigenvalue weighted by molar-refractivity contribution is 7.20. The van der Waals surface area contributed by atoms with Gasteiger partial charge >= 0.3 is 0 Å². The Kier molecular flexibility index (Phi) is 5.12. The Labute approximate surface area is 149 Å². The van der Waals surface area contributed by atoms with Gasteiger partial charge in [0.1, 0.15) is 10.7 Å². The van der Waals surface area contributed by atoms with Crippen LogP contribution >= 0.6 is 22.7 Å². The summed E-state index contributed by atoms with van der Waals surface area (Å²) in [6, 6.07) is 6.23. The molecule has 24 heavy (non-hydrogen) atoms. The SMILES string of the molecule is CCc1sc2nc(CC)n(CCCC#N)c(=O)c2c1-c1cccs1. The van der Waals surface area contributed by atoms with Gasteiger partial charge in [-0.15, -0.1) is 22.7 Å². The second-order valence-corrected chi connectivity index (χ2v) is 7.54. The van der Waals surface area contributed by atoms with Crippen LogP contribution in [0.5, 0.6) is 0 Å². The first-order valence-electron chi connectivity index (χ1n) is 8.17. The molecule has 124 valence electrons. The van der Waals surface area contributed by atoms with Crippen molar-refractivity contribution in [3.8, 4) is 16.5 Å². The van der Waals surface area contributed by atoms with Gasteiger partial charge in [0, 0.05) is 34.7 Å². The Morgan fingerprint density at radius 2 is 2.17 bits per heavy atom. The number of thiophene rings is 2. The fourth-order valence-electron chi connectivity index (χ4n) is 2.92. The standard InChI is InChI=1S/C18H19N3OS2/c1-3-12-15(13-8-7-11-23-13)16-17(24-12)20-14(4-2)21(18(16)22)10-6-5-9-19/h7-8,11H,3-6,10H2,1-2H3. The Morgan fingerprint density at radius 1 is 1.33 bits per heavy atom. The lowest BCUT2D eigenvalue weighted by Crippen LogP contribution is -2.25. The molecule has 0 aromatic carbocycles. The van der Waals surface area contributed by atoms with Gasteiger partial charge in [0.05, 0.1) is 11.5 Å². The van der Waals surface area contributed by atoms with Gasteiger partial charge in [0.15, 0.2) is 0 Å². The van der Waals surface area contributed by atoms with Gasteiger partial charge in [0.25, 0.3) is 5.56 Å². The Bertz CT molecular complexity index is 945. The smallest absolute Gasteiger partial charge is 0.262 e. The molecule has 0 bridgehead atoms. The number of nitrogens with zero attached hydrogens (tertiary/aromatic N) is 3. The average Bonchev–Trinajstić information content (AvgIpc) is 3.23. The largest absolute Gasteiger partial charge is 0.296 e. The van der Waals surface area contributed by atoms with E-state index in [2.05, 4.69) is 19.1 Å². The number of aromatic nitrogens is 2. The zero-order chi connectivity index (χ0) is 17.1. The minimum atomic E-state index is 0.0362. The minimum Gasteiger partial charge on any atom is -0.296 e. The molecule has 6 heteroatoms. The topological polar surface area (TPSA) is 58.7 Å². The van der Waals surface area contributed by atoms with Crippen molar-refractivity contribution in [3.05, 3.63) is 38.6 Å². The van der Waals surface area contributed by atoms with Crippen LogP contribution in [-0.2, 0) is 19.4 Å². The Balaban J connectivity index is 2.26. The number of nitriles is 1. The molecule has 3 rings (SSSR count). The van der Waals surface area contributed by atoms with E-state index in [1.807, 2.05) is 18.4 Å². The van der Waals surface area contributed by atoms with Crippen LogP contribution in [0.25, 0.3) is 20.7 Å². The van der Waals surface area contributed by atoms with Crippen molar-refractivity contribution in [1.82, 2.24) is 9.55 Å². The van der Waals surface area contributed by atoms with E-state index in [9.17, 15) is 4.79 Å². The Morgan fingerprint density at radius 3 is 2.79 bits per heavy atom. The summed E-state index contributed by atoms with van der Waals surface area (Å²) in [6.07, 6.45) is 2.74. The van der Waals surface area contributed by atoms with Gasteiger partial charge in [0.2, 0.25) is 0 Å². The van der Waals surface area contributed by atoms with Crippen LogP contribution in [0.15, 0.2) is 22.3 Å².